The highest BCUT2D eigenvalue weighted by molar-refractivity contribution is 7.87. The van der Waals surface area contributed by atoms with Gasteiger partial charge in [0.05, 0.1) is 36.7 Å². The number of nitrogens with zero attached hydrogens (tertiary/aromatic N) is 5. The van der Waals surface area contributed by atoms with Gasteiger partial charge in [-0.15, -0.1) is 10.2 Å². The van der Waals surface area contributed by atoms with Gasteiger partial charge in [-0.25, -0.2) is 4.68 Å². The van der Waals surface area contributed by atoms with Crippen LogP contribution in [0, 0.1) is 11.3 Å². The lowest BCUT2D eigenvalue weighted by Gasteiger charge is -2.26. The van der Waals surface area contributed by atoms with Crippen molar-refractivity contribution in [1.29, 1.82) is 5.26 Å². The minimum Gasteiger partial charge on any atom is -0.497 e. The van der Waals surface area contributed by atoms with Gasteiger partial charge in [-0.05, 0) is 53.6 Å². The molecule has 172 valence electrons. The maximum Gasteiger partial charge on any atom is 0.357 e. The normalized spacial score (nSPS) is 11.0. The third-order valence-electron chi connectivity index (χ3n) is 5.04. The zero-order chi connectivity index (χ0) is 24.1. The molecule has 0 fully saturated rings. The topological polar surface area (TPSA) is 133 Å². The molecule has 0 saturated carbocycles. The SMILES string of the molecule is COc1ccc(-c2cc(N(Cc3ccc(NS(=O)(=O)O)cc3)n3cnnc3)ccc2C#N)cc1. The standard InChI is InChI=1S/C23H20N6O4S/c1-33-22-10-5-18(6-11-22)23-12-21(9-4-19(23)13-24)29(28-15-25-26-16-28)14-17-2-7-20(8-3-17)27-34(30,31)32/h2-12,15-16,27H,14H2,1H3,(H,30,31,32). The van der Waals surface area contributed by atoms with Crippen LogP contribution in [0.5, 0.6) is 5.75 Å². The molecule has 0 aliphatic heterocycles. The van der Waals surface area contributed by atoms with Crippen LogP contribution in [0.2, 0.25) is 0 Å². The predicted molar refractivity (Wildman–Crippen MR) is 126 cm³/mol. The van der Waals surface area contributed by atoms with Crippen LogP contribution in [-0.4, -0.2) is 35.0 Å². The van der Waals surface area contributed by atoms with Crippen molar-refractivity contribution in [3.8, 4) is 22.9 Å². The van der Waals surface area contributed by atoms with Crippen LogP contribution in [-0.2, 0) is 16.8 Å². The minimum absolute atomic E-state index is 0.238. The van der Waals surface area contributed by atoms with E-state index in [2.05, 4.69) is 16.3 Å². The molecule has 1 heterocycles. The lowest BCUT2D eigenvalue weighted by atomic mass is 9.99. The largest absolute Gasteiger partial charge is 0.497 e. The van der Waals surface area contributed by atoms with Crippen molar-refractivity contribution in [3.05, 3.63) is 90.5 Å². The Morgan fingerprint density at radius 2 is 1.74 bits per heavy atom. The Hall–Kier alpha value is -4.40. The Labute approximate surface area is 196 Å². The van der Waals surface area contributed by atoms with Gasteiger partial charge in [0.15, 0.2) is 0 Å². The maximum atomic E-state index is 11.0. The van der Waals surface area contributed by atoms with E-state index in [1.54, 1.807) is 54.8 Å². The zero-order valence-electron chi connectivity index (χ0n) is 18.0. The molecule has 0 radical (unpaired) electrons. The van der Waals surface area contributed by atoms with Gasteiger partial charge in [0.2, 0.25) is 0 Å². The molecule has 4 aromatic rings. The van der Waals surface area contributed by atoms with Gasteiger partial charge < -0.3 is 4.74 Å². The number of nitrogens with one attached hydrogen (secondary N) is 1. The fourth-order valence-corrected chi connectivity index (χ4v) is 3.86. The number of methoxy groups -OCH3 is 1. The Bertz CT molecular complexity index is 1410. The van der Waals surface area contributed by atoms with Crippen molar-refractivity contribution in [3.63, 3.8) is 0 Å². The molecule has 2 N–H and O–H groups in total. The van der Waals surface area contributed by atoms with Crippen LogP contribution in [0.15, 0.2) is 79.4 Å². The molecule has 11 heteroatoms. The van der Waals surface area contributed by atoms with Gasteiger partial charge in [0.25, 0.3) is 0 Å². The third kappa shape index (κ3) is 5.32. The summed E-state index contributed by atoms with van der Waals surface area (Å²) >= 11 is 0. The fraction of sp³-hybridized carbons (Fsp3) is 0.0870. The number of benzene rings is 3. The summed E-state index contributed by atoms with van der Waals surface area (Å²) in [7, 11) is -2.75. The van der Waals surface area contributed by atoms with E-state index in [-0.39, 0.29) is 5.69 Å². The predicted octanol–water partition coefficient (Wildman–Crippen LogP) is 3.51. The molecule has 0 unspecified atom stereocenters. The summed E-state index contributed by atoms with van der Waals surface area (Å²) in [6.07, 6.45) is 3.11. The molecule has 0 amide bonds. The van der Waals surface area contributed by atoms with Gasteiger partial charge in [0.1, 0.15) is 18.4 Å². The fourth-order valence-electron chi connectivity index (χ4n) is 3.43. The Morgan fingerprint density at radius 1 is 1.06 bits per heavy atom. The maximum absolute atomic E-state index is 11.0. The summed E-state index contributed by atoms with van der Waals surface area (Å²) in [5.74, 6) is 0.719. The van der Waals surface area contributed by atoms with Crippen molar-refractivity contribution in [2.45, 2.75) is 6.54 Å². The molecule has 4 rings (SSSR count). The third-order valence-corrected chi connectivity index (χ3v) is 5.53. The van der Waals surface area contributed by atoms with Crippen molar-refractivity contribution in [2.75, 3.05) is 16.8 Å². The van der Waals surface area contributed by atoms with Crippen LogP contribution in [0.3, 0.4) is 0 Å². The van der Waals surface area contributed by atoms with Crippen molar-refractivity contribution >= 4 is 21.7 Å². The molecule has 0 saturated heterocycles. The first-order valence-corrected chi connectivity index (χ1v) is 11.5. The van der Waals surface area contributed by atoms with E-state index in [1.165, 1.54) is 0 Å². The number of hydrogen-bond acceptors (Lipinski definition) is 7. The second-order valence-corrected chi connectivity index (χ2v) is 8.40. The van der Waals surface area contributed by atoms with E-state index in [4.69, 9.17) is 9.29 Å². The molecule has 0 spiro atoms. The molecular formula is C23H20N6O4S. The van der Waals surface area contributed by atoms with Crippen LogP contribution in [0.25, 0.3) is 11.1 Å². The second-order valence-electron chi connectivity index (χ2n) is 7.24. The molecule has 34 heavy (non-hydrogen) atoms. The number of hydrogen-bond donors (Lipinski definition) is 2. The molecule has 0 bridgehead atoms. The number of nitriles is 1. The Balaban J connectivity index is 1.70. The quantitative estimate of drug-likeness (QED) is 0.369. The average molecular weight is 477 g/mol. The number of ether oxygens (including phenoxy) is 1. The van der Waals surface area contributed by atoms with Gasteiger partial charge in [-0.3, -0.25) is 14.3 Å². The average Bonchev–Trinajstić information content (AvgIpc) is 3.37. The summed E-state index contributed by atoms with van der Waals surface area (Å²) in [4.78, 5) is 0. The van der Waals surface area contributed by atoms with Crippen molar-refractivity contribution in [2.24, 2.45) is 0 Å². The Kier molecular flexibility index (Phi) is 6.44. The molecule has 1 aromatic heterocycles. The van der Waals surface area contributed by atoms with Crippen LogP contribution in [0.4, 0.5) is 11.4 Å². The van der Waals surface area contributed by atoms with E-state index < -0.39 is 10.3 Å². The Morgan fingerprint density at radius 3 is 2.32 bits per heavy atom. The lowest BCUT2D eigenvalue weighted by molar-refractivity contribution is 0.415. The first-order valence-electron chi connectivity index (χ1n) is 10.0. The minimum atomic E-state index is -4.35. The van der Waals surface area contributed by atoms with E-state index >= 15 is 0 Å². The summed E-state index contributed by atoms with van der Waals surface area (Å²) in [6.45, 7) is 0.387. The first-order chi connectivity index (χ1) is 16.4. The molecule has 0 aliphatic rings. The summed E-state index contributed by atoms with van der Waals surface area (Å²) in [5.41, 5.74) is 4.02. The second kappa shape index (κ2) is 9.62. The van der Waals surface area contributed by atoms with Gasteiger partial charge in [-0.1, -0.05) is 24.3 Å². The highest BCUT2D eigenvalue weighted by Gasteiger charge is 2.14. The zero-order valence-corrected chi connectivity index (χ0v) is 18.8. The molecule has 0 atom stereocenters. The van der Waals surface area contributed by atoms with Gasteiger partial charge in [-0.2, -0.15) is 13.7 Å². The van der Waals surface area contributed by atoms with E-state index in [1.807, 2.05) is 46.1 Å². The summed E-state index contributed by atoms with van der Waals surface area (Å²) < 4.78 is 40.0. The van der Waals surface area contributed by atoms with Crippen LogP contribution < -0.4 is 14.5 Å². The van der Waals surface area contributed by atoms with Gasteiger partial charge >= 0.3 is 10.3 Å². The first kappa shape index (κ1) is 22.8. The van der Waals surface area contributed by atoms with E-state index in [0.717, 1.165) is 28.1 Å². The summed E-state index contributed by atoms with van der Waals surface area (Å²) in [5, 5.41) is 19.4. The molecule has 10 nitrogen and oxygen atoms in total. The number of anilines is 2. The van der Waals surface area contributed by atoms with Crippen molar-refractivity contribution in [1.82, 2.24) is 14.9 Å². The lowest BCUT2D eigenvalue weighted by Crippen LogP contribution is -2.28. The molecule has 3 aromatic carbocycles. The molecular weight excluding hydrogens is 456 g/mol. The van der Waals surface area contributed by atoms with Crippen LogP contribution in [0.1, 0.15) is 11.1 Å². The highest BCUT2D eigenvalue weighted by Crippen LogP contribution is 2.30. The van der Waals surface area contributed by atoms with E-state index in [9.17, 15) is 13.7 Å². The summed E-state index contributed by atoms with van der Waals surface area (Å²) in [6, 6.07) is 21.8. The monoisotopic (exact) mass is 476 g/mol. The number of rotatable bonds is 8. The number of aromatic nitrogens is 3. The molecule has 0 aliphatic carbocycles. The smallest absolute Gasteiger partial charge is 0.357 e. The van der Waals surface area contributed by atoms with Crippen LogP contribution >= 0.6 is 0 Å². The van der Waals surface area contributed by atoms with Crippen molar-refractivity contribution < 1.29 is 17.7 Å². The van der Waals surface area contributed by atoms with E-state index in [0.29, 0.717) is 12.1 Å². The van der Waals surface area contributed by atoms with Gasteiger partial charge in [0, 0.05) is 5.56 Å². The highest BCUT2D eigenvalue weighted by atomic mass is 32.2.